The smallest absolute Gasteiger partial charge is 0.227 e. The standard InChI is InChI=1S/C22H25FN2O3/c1-28-20-5-3-2-4-17(20)14-24-21(26)15-6-8-16(9-7-15)22(27)25-19-12-10-18(23)11-13-19/h2-5,10-13,15-16H,6-9,14H2,1H3,(H,24,26)(H,25,27). The van der Waals surface area contributed by atoms with E-state index in [-0.39, 0.29) is 29.5 Å². The van der Waals surface area contributed by atoms with Gasteiger partial charge in [0.1, 0.15) is 11.6 Å². The molecule has 2 aromatic rings. The van der Waals surface area contributed by atoms with Crippen LogP contribution in [-0.2, 0) is 16.1 Å². The molecule has 2 aromatic carbocycles. The number of anilines is 1. The second kappa shape index (κ2) is 9.35. The van der Waals surface area contributed by atoms with E-state index < -0.39 is 0 Å². The molecular formula is C22H25FN2O3. The van der Waals surface area contributed by atoms with Crippen molar-refractivity contribution in [1.82, 2.24) is 5.32 Å². The number of carbonyl (C=O) groups excluding carboxylic acids is 2. The van der Waals surface area contributed by atoms with E-state index in [1.807, 2.05) is 24.3 Å². The Hall–Kier alpha value is -2.89. The molecular weight excluding hydrogens is 359 g/mol. The van der Waals surface area contributed by atoms with Gasteiger partial charge >= 0.3 is 0 Å². The third kappa shape index (κ3) is 5.09. The molecule has 3 rings (SSSR count). The summed E-state index contributed by atoms with van der Waals surface area (Å²) in [4.78, 5) is 24.9. The average Bonchev–Trinajstić information content (AvgIpc) is 2.74. The molecule has 0 unspecified atom stereocenters. The summed E-state index contributed by atoms with van der Waals surface area (Å²) < 4.78 is 18.3. The Morgan fingerprint density at radius 2 is 1.57 bits per heavy atom. The molecule has 0 bridgehead atoms. The van der Waals surface area contributed by atoms with Gasteiger partial charge in [-0.05, 0) is 56.0 Å². The van der Waals surface area contributed by atoms with E-state index >= 15 is 0 Å². The number of hydrogen-bond acceptors (Lipinski definition) is 3. The van der Waals surface area contributed by atoms with Crippen molar-refractivity contribution in [3.05, 3.63) is 59.9 Å². The average molecular weight is 384 g/mol. The fourth-order valence-corrected chi connectivity index (χ4v) is 3.57. The van der Waals surface area contributed by atoms with Gasteiger partial charge in [0.2, 0.25) is 11.8 Å². The Bertz CT molecular complexity index is 815. The number of hydrogen-bond donors (Lipinski definition) is 2. The van der Waals surface area contributed by atoms with E-state index in [2.05, 4.69) is 10.6 Å². The molecule has 1 aliphatic carbocycles. The van der Waals surface area contributed by atoms with E-state index in [1.165, 1.54) is 12.1 Å². The molecule has 6 heteroatoms. The number of amides is 2. The molecule has 0 heterocycles. The van der Waals surface area contributed by atoms with Crippen LogP contribution in [0.4, 0.5) is 10.1 Å². The Labute approximate surface area is 164 Å². The number of rotatable bonds is 6. The fourth-order valence-electron chi connectivity index (χ4n) is 3.57. The number of nitrogens with one attached hydrogen (secondary N) is 2. The molecule has 0 saturated heterocycles. The van der Waals surface area contributed by atoms with Crippen molar-refractivity contribution in [2.24, 2.45) is 11.8 Å². The molecule has 148 valence electrons. The van der Waals surface area contributed by atoms with Crippen LogP contribution >= 0.6 is 0 Å². The minimum atomic E-state index is -0.336. The summed E-state index contributed by atoms with van der Waals surface area (Å²) in [6, 6.07) is 13.3. The third-order valence-corrected chi connectivity index (χ3v) is 5.23. The molecule has 0 spiro atoms. The van der Waals surface area contributed by atoms with E-state index in [0.717, 1.165) is 11.3 Å². The van der Waals surface area contributed by atoms with Gasteiger partial charge in [-0.25, -0.2) is 4.39 Å². The molecule has 0 aromatic heterocycles. The lowest BCUT2D eigenvalue weighted by atomic mass is 9.81. The first-order valence-corrected chi connectivity index (χ1v) is 9.53. The minimum Gasteiger partial charge on any atom is -0.496 e. The van der Waals surface area contributed by atoms with Crippen LogP contribution in [0.2, 0.25) is 0 Å². The highest BCUT2D eigenvalue weighted by Gasteiger charge is 2.30. The molecule has 5 nitrogen and oxygen atoms in total. The quantitative estimate of drug-likeness (QED) is 0.794. The van der Waals surface area contributed by atoms with Crippen molar-refractivity contribution in [1.29, 1.82) is 0 Å². The van der Waals surface area contributed by atoms with E-state index in [9.17, 15) is 14.0 Å². The summed E-state index contributed by atoms with van der Waals surface area (Å²) in [5.41, 5.74) is 1.52. The summed E-state index contributed by atoms with van der Waals surface area (Å²) in [5, 5.41) is 5.80. The van der Waals surface area contributed by atoms with E-state index in [4.69, 9.17) is 4.74 Å². The van der Waals surface area contributed by atoms with Crippen LogP contribution in [0, 0.1) is 17.7 Å². The van der Waals surface area contributed by atoms with Gasteiger partial charge in [0.15, 0.2) is 0 Å². The number of para-hydroxylation sites is 1. The second-order valence-corrected chi connectivity index (χ2v) is 7.07. The van der Waals surface area contributed by atoms with Gasteiger partial charge in [-0.3, -0.25) is 9.59 Å². The molecule has 0 aliphatic heterocycles. The Balaban J connectivity index is 1.45. The lowest BCUT2D eigenvalue weighted by Gasteiger charge is -2.27. The van der Waals surface area contributed by atoms with Crippen molar-refractivity contribution in [3.63, 3.8) is 0 Å². The summed E-state index contributed by atoms with van der Waals surface area (Å²) in [6.45, 7) is 0.424. The molecule has 1 fully saturated rings. The summed E-state index contributed by atoms with van der Waals surface area (Å²) >= 11 is 0. The monoisotopic (exact) mass is 384 g/mol. The number of carbonyl (C=O) groups is 2. The topological polar surface area (TPSA) is 67.4 Å². The highest BCUT2D eigenvalue weighted by atomic mass is 19.1. The maximum Gasteiger partial charge on any atom is 0.227 e. The zero-order valence-electron chi connectivity index (χ0n) is 15.9. The maximum absolute atomic E-state index is 13.0. The van der Waals surface area contributed by atoms with Crippen LogP contribution in [0.3, 0.4) is 0 Å². The first-order valence-electron chi connectivity index (χ1n) is 9.53. The maximum atomic E-state index is 13.0. The van der Waals surface area contributed by atoms with Crippen molar-refractivity contribution >= 4 is 17.5 Å². The zero-order chi connectivity index (χ0) is 19.9. The van der Waals surface area contributed by atoms with Crippen molar-refractivity contribution in [2.45, 2.75) is 32.2 Å². The van der Waals surface area contributed by atoms with Gasteiger partial charge in [-0.1, -0.05) is 18.2 Å². The van der Waals surface area contributed by atoms with Gasteiger partial charge in [0.25, 0.3) is 0 Å². The van der Waals surface area contributed by atoms with Crippen molar-refractivity contribution < 1.29 is 18.7 Å². The lowest BCUT2D eigenvalue weighted by Crippen LogP contribution is -2.35. The summed E-state index contributed by atoms with van der Waals surface area (Å²) in [5.74, 6) is 0.164. The predicted molar refractivity (Wildman–Crippen MR) is 105 cm³/mol. The van der Waals surface area contributed by atoms with Crippen molar-refractivity contribution in [2.75, 3.05) is 12.4 Å². The van der Waals surface area contributed by atoms with Crippen LogP contribution in [0.15, 0.2) is 48.5 Å². The van der Waals surface area contributed by atoms with Crippen LogP contribution < -0.4 is 15.4 Å². The highest BCUT2D eigenvalue weighted by Crippen LogP contribution is 2.30. The Morgan fingerprint density at radius 3 is 2.21 bits per heavy atom. The number of halogens is 1. The van der Waals surface area contributed by atoms with E-state index in [1.54, 1.807) is 19.2 Å². The summed E-state index contributed by atoms with van der Waals surface area (Å²) in [6.07, 6.45) is 2.69. The molecule has 0 radical (unpaired) electrons. The summed E-state index contributed by atoms with van der Waals surface area (Å²) in [7, 11) is 1.61. The van der Waals surface area contributed by atoms with Gasteiger partial charge in [-0.15, -0.1) is 0 Å². The Morgan fingerprint density at radius 1 is 0.964 bits per heavy atom. The third-order valence-electron chi connectivity index (χ3n) is 5.23. The molecule has 1 saturated carbocycles. The Kier molecular flexibility index (Phi) is 6.63. The first-order chi connectivity index (χ1) is 13.6. The van der Waals surface area contributed by atoms with Crippen LogP contribution in [0.5, 0.6) is 5.75 Å². The SMILES string of the molecule is COc1ccccc1CNC(=O)C1CCC(C(=O)Nc2ccc(F)cc2)CC1. The van der Waals surface area contributed by atoms with Crippen LogP contribution in [0.25, 0.3) is 0 Å². The number of ether oxygens (including phenoxy) is 1. The van der Waals surface area contributed by atoms with Gasteiger partial charge in [0.05, 0.1) is 7.11 Å². The molecule has 0 atom stereocenters. The van der Waals surface area contributed by atoms with Crippen LogP contribution in [0.1, 0.15) is 31.2 Å². The van der Waals surface area contributed by atoms with Crippen molar-refractivity contribution in [3.8, 4) is 5.75 Å². The fraction of sp³-hybridized carbons (Fsp3) is 0.364. The lowest BCUT2D eigenvalue weighted by molar-refractivity contribution is -0.128. The normalized spacial score (nSPS) is 18.9. The first kappa shape index (κ1) is 19.9. The zero-order valence-corrected chi connectivity index (χ0v) is 15.9. The molecule has 2 N–H and O–H groups in total. The highest BCUT2D eigenvalue weighted by molar-refractivity contribution is 5.92. The van der Waals surface area contributed by atoms with Crippen LogP contribution in [-0.4, -0.2) is 18.9 Å². The molecule has 28 heavy (non-hydrogen) atoms. The van der Waals surface area contributed by atoms with Gasteiger partial charge in [0, 0.05) is 29.6 Å². The van der Waals surface area contributed by atoms with Gasteiger partial charge < -0.3 is 15.4 Å². The molecule has 2 amide bonds. The largest absolute Gasteiger partial charge is 0.496 e. The second-order valence-electron chi connectivity index (χ2n) is 7.07. The minimum absolute atomic E-state index is 0.0169. The number of benzene rings is 2. The van der Waals surface area contributed by atoms with Gasteiger partial charge in [-0.2, -0.15) is 0 Å². The number of methoxy groups -OCH3 is 1. The molecule has 1 aliphatic rings. The van der Waals surface area contributed by atoms with E-state index in [0.29, 0.717) is 37.9 Å². The predicted octanol–water partition coefficient (Wildman–Crippen LogP) is 3.90.